The van der Waals surface area contributed by atoms with Crippen molar-refractivity contribution in [2.45, 2.75) is 13.3 Å². The summed E-state index contributed by atoms with van der Waals surface area (Å²) in [4.78, 5) is 16.8. The molecule has 0 atom stereocenters. The minimum Gasteiger partial charge on any atom is -0.493 e. The number of aliphatic imine (C=N–C) groups is 1. The molecule has 32 heavy (non-hydrogen) atoms. The van der Waals surface area contributed by atoms with Gasteiger partial charge in [-0.15, -0.1) is 0 Å². The Kier molecular flexibility index (Phi) is 6.90. The maximum atomic E-state index is 12.4. The molecule has 0 saturated carbocycles. The van der Waals surface area contributed by atoms with Gasteiger partial charge in [-0.3, -0.25) is 0 Å². The summed E-state index contributed by atoms with van der Waals surface area (Å²) in [5.74, 6) is 1.14. The average Bonchev–Trinajstić information content (AvgIpc) is 3.15. The lowest BCUT2D eigenvalue weighted by Gasteiger charge is -2.13. The molecule has 0 fully saturated rings. The maximum Gasteiger partial charge on any atom is 0.363 e. The first-order valence-electron chi connectivity index (χ1n) is 10.2. The van der Waals surface area contributed by atoms with E-state index in [0.29, 0.717) is 24.0 Å². The van der Waals surface area contributed by atoms with E-state index in [2.05, 4.69) is 39.7 Å². The predicted octanol–water partition coefficient (Wildman–Crippen LogP) is 5.57. The SMILES string of the molecule is COc1cc(/C=C2\N=C(c3ccccc3C)OC2=O)cc(I)c1OCCc1ccccc1. The van der Waals surface area contributed by atoms with Crippen molar-refractivity contribution in [2.75, 3.05) is 13.7 Å². The Morgan fingerprint density at radius 3 is 2.56 bits per heavy atom. The highest BCUT2D eigenvalue weighted by molar-refractivity contribution is 14.1. The van der Waals surface area contributed by atoms with Crippen molar-refractivity contribution in [3.63, 3.8) is 0 Å². The van der Waals surface area contributed by atoms with Crippen molar-refractivity contribution in [1.82, 2.24) is 0 Å². The van der Waals surface area contributed by atoms with Gasteiger partial charge in [-0.2, -0.15) is 0 Å². The van der Waals surface area contributed by atoms with Gasteiger partial charge in [0.1, 0.15) is 0 Å². The number of carbonyl (C=O) groups excluding carboxylic acids is 1. The van der Waals surface area contributed by atoms with Crippen LogP contribution in [0.1, 0.15) is 22.3 Å². The third kappa shape index (κ3) is 5.02. The van der Waals surface area contributed by atoms with E-state index in [1.54, 1.807) is 13.2 Å². The molecule has 5 nitrogen and oxygen atoms in total. The van der Waals surface area contributed by atoms with Crippen molar-refractivity contribution < 1.29 is 19.0 Å². The van der Waals surface area contributed by atoms with Gasteiger partial charge in [0, 0.05) is 12.0 Å². The van der Waals surface area contributed by atoms with Gasteiger partial charge in [0.15, 0.2) is 17.2 Å². The van der Waals surface area contributed by atoms with Crippen LogP contribution in [0.2, 0.25) is 0 Å². The maximum absolute atomic E-state index is 12.4. The van der Waals surface area contributed by atoms with Gasteiger partial charge in [0.2, 0.25) is 5.90 Å². The molecule has 6 heteroatoms. The Labute approximate surface area is 200 Å². The zero-order valence-electron chi connectivity index (χ0n) is 17.8. The van der Waals surface area contributed by atoms with Gasteiger partial charge in [0.25, 0.3) is 0 Å². The van der Waals surface area contributed by atoms with Crippen molar-refractivity contribution >= 4 is 40.5 Å². The van der Waals surface area contributed by atoms with Gasteiger partial charge in [-0.1, -0.05) is 48.5 Å². The fraction of sp³-hybridized carbons (Fsp3) is 0.154. The monoisotopic (exact) mass is 539 g/mol. The molecule has 3 aromatic carbocycles. The highest BCUT2D eigenvalue weighted by Gasteiger charge is 2.25. The number of benzene rings is 3. The molecule has 4 rings (SSSR count). The second kappa shape index (κ2) is 9.99. The van der Waals surface area contributed by atoms with Crippen LogP contribution in [-0.4, -0.2) is 25.6 Å². The molecule has 0 saturated heterocycles. The minimum atomic E-state index is -0.472. The second-order valence-corrected chi connectivity index (χ2v) is 8.43. The number of rotatable bonds is 7. The first-order chi connectivity index (χ1) is 15.5. The number of methoxy groups -OCH3 is 1. The molecule has 0 aliphatic carbocycles. The zero-order valence-corrected chi connectivity index (χ0v) is 20.0. The van der Waals surface area contributed by atoms with E-state index in [1.165, 1.54) is 5.56 Å². The first kappa shape index (κ1) is 22.1. The highest BCUT2D eigenvalue weighted by Crippen LogP contribution is 2.35. The van der Waals surface area contributed by atoms with E-state index in [9.17, 15) is 4.79 Å². The number of ether oxygens (including phenoxy) is 3. The number of esters is 1. The topological polar surface area (TPSA) is 57.1 Å². The standard InChI is InChI=1S/C26H22INO4/c1-17-8-6-7-11-20(17)25-28-22(26(29)32-25)15-19-14-21(27)24(23(16-19)30-2)31-13-12-18-9-4-3-5-10-18/h3-11,14-16H,12-13H2,1-2H3/b22-15-. The normalized spacial score (nSPS) is 14.3. The molecule has 162 valence electrons. The Morgan fingerprint density at radius 1 is 1.06 bits per heavy atom. The van der Waals surface area contributed by atoms with E-state index < -0.39 is 5.97 Å². The number of hydrogen-bond acceptors (Lipinski definition) is 5. The molecule has 3 aromatic rings. The van der Waals surface area contributed by atoms with E-state index >= 15 is 0 Å². The number of aryl methyl sites for hydroxylation is 1. The lowest BCUT2D eigenvalue weighted by molar-refractivity contribution is -0.129. The van der Waals surface area contributed by atoms with Crippen LogP contribution in [0.5, 0.6) is 11.5 Å². The number of carbonyl (C=O) groups is 1. The number of halogens is 1. The average molecular weight is 539 g/mol. The molecule has 1 heterocycles. The van der Waals surface area contributed by atoms with Gasteiger partial charge >= 0.3 is 5.97 Å². The van der Waals surface area contributed by atoms with Crippen molar-refractivity contribution in [3.05, 3.63) is 98.3 Å². The number of nitrogens with zero attached hydrogens (tertiary/aromatic N) is 1. The summed E-state index contributed by atoms with van der Waals surface area (Å²) >= 11 is 2.21. The summed E-state index contributed by atoms with van der Waals surface area (Å²) in [6, 6.07) is 21.6. The molecule has 0 unspecified atom stereocenters. The van der Waals surface area contributed by atoms with E-state index in [0.717, 1.165) is 26.7 Å². The lowest BCUT2D eigenvalue weighted by Crippen LogP contribution is -2.06. The fourth-order valence-electron chi connectivity index (χ4n) is 3.37. The van der Waals surface area contributed by atoms with Crippen LogP contribution in [0, 0.1) is 10.5 Å². The van der Waals surface area contributed by atoms with E-state index in [-0.39, 0.29) is 5.70 Å². The van der Waals surface area contributed by atoms with Crippen LogP contribution in [0.3, 0.4) is 0 Å². The summed E-state index contributed by atoms with van der Waals surface area (Å²) in [5, 5.41) is 0. The summed E-state index contributed by atoms with van der Waals surface area (Å²) < 4.78 is 17.9. The molecule has 1 aliphatic rings. The second-order valence-electron chi connectivity index (χ2n) is 7.27. The molecular weight excluding hydrogens is 517 g/mol. The Morgan fingerprint density at radius 2 is 1.81 bits per heavy atom. The zero-order chi connectivity index (χ0) is 22.5. The fourth-order valence-corrected chi connectivity index (χ4v) is 4.15. The Balaban J connectivity index is 1.55. The van der Waals surface area contributed by atoms with Crippen LogP contribution in [-0.2, 0) is 16.0 Å². The van der Waals surface area contributed by atoms with Crippen LogP contribution in [0.25, 0.3) is 6.08 Å². The summed E-state index contributed by atoms with van der Waals surface area (Å²) in [5.41, 5.74) is 4.04. The van der Waals surface area contributed by atoms with Crippen molar-refractivity contribution in [2.24, 2.45) is 4.99 Å². The molecular formula is C26H22INO4. The van der Waals surface area contributed by atoms with Crippen LogP contribution in [0.4, 0.5) is 0 Å². The van der Waals surface area contributed by atoms with Gasteiger partial charge < -0.3 is 14.2 Å². The van der Waals surface area contributed by atoms with Gasteiger partial charge in [0.05, 0.1) is 17.3 Å². The van der Waals surface area contributed by atoms with Gasteiger partial charge in [-0.25, -0.2) is 9.79 Å². The molecule has 0 spiro atoms. The summed E-state index contributed by atoms with van der Waals surface area (Å²) in [7, 11) is 1.60. The highest BCUT2D eigenvalue weighted by atomic mass is 127. The molecule has 0 amide bonds. The van der Waals surface area contributed by atoms with Crippen molar-refractivity contribution in [1.29, 1.82) is 0 Å². The van der Waals surface area contributed by atoms with Crippen molar-refractivity contribution in [3.8, 4) is 11.5 Å². The minimum absolute atomic E-state index is 0.249. The van der Waals surface area contributed by atoms with E-state index in [1.807, 2.05) is 61.5 Å². The molecule has 0 radical (unpaired) electrons. The third-order valence-corrected chi connectivity index (χ3v) is 5.83. The van der Waals surface area contributed by atoms with Crippen LogP contribution in [0.15, 0.2) is 77.4 Å². The number of cyclic esters (lactones) is 1. The Hall–Kier alpha value is -3.13. The number of hydrogen-bond donors (Lipinski definition) is 0. The predicted molar refractivity (Wildman–Crippen MR) is 133 cm³/mol. The quantitative estimate of drug-likeness (QED) is 0.224. The van der Waals surface area contributed by atoms with Crippen LogP contribution >= 0.6 is 22.6 Å². The largest absolute Gasteiger partial charge is 0.493 e. The van der Waals surface area contributed by atoms with Gasteiger partial charge in [-0.05, 0) is 70.5 Å². The van der Waals surface area contributed by atoms with E-state index in [4.69, 9.17) is 14.2 Å². The smallest absolute Gasteiger partial charge is 0.363 e. The third-order valence-electron chi connectivity index (χ3n) is 5.03. The van der Waals surface area contributed by atoms with Crippen LogP contribution < -0.4 is 9.47 Å². The summed E-state index contributed by atoms with van der Waals surface area (Å²) in [6.45, 7) is 2.49. The first-order valence-corrected chi connectivity index (χ1v) is 11.3. The summed E-state index contributed by atoms with van der Waals surface area (Å²) in [6.07, 6.45) is 2.50. The molecule has 0 N–H and O–H groups in total. The lowest BCUT2D eigenvalue weighted by atomic mass is 10.1. The molecule has 1 aliphatic heterocycles. The molecule has 0 bridgehead atoms. The Bertz CT molecular complexity index is 1200. The molecule has 0 aromatic heterocycles.